The average Bonchev–Trinajstić information content (AvgIpc) is 2.40. The van der Waals surface area contributed by atoms with E-state index in [9.17, 15) is 13.2 Å². The molecule has 0 saturated carbocycles. The lowest BCUT2D eigenvalue weighted by molar-refractivity contribution is 0.284. The fourth-order valence-electron chi connectivity index (χ4n) is 1.55. The second-order valence-corrected chi connectivity index (χ2v) is 4.19. The summed E-state index contributed by atoms with van der Waals surface area (Å²) in [4.78, 5) is 0. The molecule has 0 unspecified atom stereocenters. The summed E-state index contributed by atoms with van der Waals surface area (Å²) in [5.74, 6) is -1.60. The molecule has 0 fully saturated rings. The van der Waals surface area contributed by atoms with Crippen molar-refractivity contribution in [3.63, 3.8) is 0 Å². The molecule has 0 amide bonds. The Morgan fingerprint density at radius 1 is 0.947 bits per heavy atom. The van der Waals surface area contributed by atoms with Gasteiger partial charge in [-0.3, -0.25) is 0 Å². The quantitative estimate of drug-likeness (QED) is 0.756. The molecule has 19 heavy (non-hydrogen) atoms. The molecular formula is C14H10ClF3O. The minimum Gasteiger partial charge on any atom is -0.486 e. The first-order valence-corrected chi connectivity index (χ1v) is 6.04. The van der Waals surface area contributed by atoms with Crippen LogP contribution in [0, 0.1) is 17.5 Å². The summed E-state index contributed by atoms with van der Waals surface area (Å²) in [6.45, 7) is -0.249. The van der Waals surface area contributed by atoms with Crippen LogP contribution in [0.3, 0.4) is 0 Å². The van der Waals surface area contributed by atoms with Gasteiger partial charge in [-0.1, -0.05) is 6.07 Å². The Morgan fingerprint density at radius 3 is 2.42 bits per heavy atom. The fourth-order valence-corrected chi connectivity index (χ4v) is 1.72. The van der Waals surface area contributed by atoms with Crippen molar-refractivity contribution in [2.75, 3.05) is 0 Å². The molecule has 0 aliphatic heterocycles. The van der Waals surface area contributed by atoms with Crippen molar-refractivity contribution < 1.29 is 17.9 Å². The highest BCUT2D eigenvalue weighted by atomic mass is 35.5. The van der Waals surface area contributed by atoms with Crippen LogP contribution in [0.5, 0.6) is 5.75 Å². The number of hydrogen-bond acceptors (Lipinski definition) is 1. The highest BCUT2D eigenvalue weighted by Gasteiger charge is 2.08. The first-order valence-electron chi connectivity index (χ1n) is 5.51. The Kier molecular flexibility index (Phi) is 4.32. The molecule has 0 heterocycles. The zero-order valence-electron chi connectivity index (χ0n) is 9.80. The van der Waals surface area contributed by atoms with Gasteiger partial charge < -0.3 is 4.74 Å². The van der Waals surface area contributed by atoms with E-state index in [4.69, 9.17) is 16.3 Å². The van der Waals surface area contributed by atoms with E-state index in [2.05, 4.69) is 0 Å². The standard InChI is InChI=1S/C14H10ClF3O/c15-7-9-1-4-14(13(18)5-9)19-8-10-6-11(16)2-3-12(10)17/h1-6H,7-8H2. The molecule has 0 N–H and O–H groups in total. The van der Waals surface area contributed by atoms with Gasteiger partial charge in [0.15, 0.2) is 11.6 Å². The molecule has 0 atom stereocenters. The van der Waals surface area contributed by atoms with E-state index in [1.54, 1.807) is 6.07 Å². The molecule has 2 aromatic carbocycles. The van der Waals surface area contributed by atoms with Gasteiger partial charge in [0.2, 0.25) is 0 Å². The first-order chi connectivity index (χ1) is 9.10. The molecule has 0 aliphatic carbocycles. The lowest BCUT2D eigenvalue weighted by Crippen LogP contribution is -2.01. The molecule has 0 aromatic heterocycles. The number of halogens is 4. The van der Waals surface area contributed by atoms with Crippen molar-refractivity contribution in [1.82, 2.24) is 0 Å². The third kappa shape index (κ3) is 3.41. The summed E-state index contributed by atoms with van der Waals surface area (Å²) in [7, 11) is 0. The molecule has 2 aromatic rings. The Hall–Kier alpha value is -1.68. The van der Waals surface area contributed by atoms with Gasteiger partial charge in [0.1, 0.15) is 18.2 Å². The minimum atomic E-state index is -0.598. The zero-order chi connectivity index (χ0) is 13.8. The van der Waals surface area contributed by atoms with Crippen molar-refractivity contribution in [1.29, 1.82) is 0 Å². The minimum absolute atomic E-state index is 0.0285. The van der Waals surface area contributed by atoms with Crippen LogP contribution in [0.25, 0.3) is 0 Å². The first kappa shape index (κ1) is 13.7. The highest BCUT2D eigenvalue weighted by molar-refractivity contribution is 6.17. The molecule has 100 valence electrons. The molecule has 0 radical (unpaired) electrons. The van der Waals surface area contributed by atoms with Crippen LogP contribution in [-0.4, -0.2) is 0 Å². The second-order valence-electron chi connectivity index (χ2n) is 3.92. The van der Waals surface area contributed by atoms with Crippen molar-refractivity contribution in [2.24, 2.45) is 0 Å². The second kappa shape index (κ2) is 5.97. The largest absolute Gasteiger partial charge is 0.486 e. The molecular weight excluding hydrogens is 277 g/mol. The molecule has 5 heteroatoms. The Bertz CT molecular complexity index is 587. The topological polar surface area (TPSA) is 9.23 Å². The normalized spacial score (nSPS) is 10.5. The molecule has 0 aliphatic rings. The van der Waals surface area contributed by atoms with Gasteiger partial charge >= 0.3 is 0 Å². The summed E-state index contributed by atoms with van der Waals surface area (Å²) in [6, 6.07) is 7.28. The Labute approximate surface area is 113 Å². The van der Waals surface area contributed by atoms with Crippen molar-refractivity contribution in [3.05, 3.63) is 65.0 Å². The third-order valence-corrected chi connectivity index (χ3v) is 2.85. The Balaban J connectivity index is 2.12. The maximum Gasteiger partial charge on any atom is 0.165 e. The molecule has 0 bridgehead atoms. The number of alkyl halides is 1. The van der Waals surface area contributed by atoms with Gasteiger partial charge in [0.25, 0.3) is 0 Å². The third-order valence-electron chi connectivity index (χ3n) is 2.54. The molecule has 0 saturated heterocycles. The summed E-state index contributed by atoms with van der Waals surface area (Å²) >= 11 is 5.56. The summed E-state index contributed by atoms with van der Waals surface area (Å²) < 4.78 is 45.0. The zero-order valence-corrected chi connectivity index (χ0v) is 10.6. The molecule has 1 nitrogen and oxygen atoms in total. The summed E-state index contributed by atoms with van der Waals surface area (Å²) in [5.41, 5.74) is 0.643. The van der Waals surface area contributed by atoms with Crippen LogP contribution in [-0.2, 0) is 12.5 Å². The average molecular weight is 287 g/mol. The van der Waals surface area contributed by atoms with Crippen molar-refractivity contribution in [2.45, 2.75) is 12.5 Å². The maximum absolute atomic E-state index is 13.6. The SMILES string of the molecule is Fc1ccc(F)c(COc2ccc(CCl)cc2F)c1. The van der Waals surface area contributed by atoms with E-state index in [0.29, 0.717) is 5.56 Å². The summed E-state index contributed by atoms with van der Waals surface area (Å²) in [5, 5.41) is 0. The number of hydrogen-bond donors (Lipinski definition) is 0. The highest BCUT2D eigenvalue weighted by Crippen LogP contribution is 2.21. The monoisotopic (exact) mass is 286 g/mol. The summed E-state index contributed by atoms with van der Waals surface area (Å²) in [6.07, 6.45) is 0. The van der Waals surface area contributed by atoms with Gasteiger partial charge in [-0.05, 0) is 35.9 Å². The lowest BCUT2D eigenvalue weighted by atomic mass is 10.2. The number of rotatable bonds is 4. The van der Waals surface area contributed by atoms with E-state index in [1.165, 1.54) is 12.1 Å². The van der Waals surface area contributed by atoms with Crippen LogP contribution in [0.1, 0.15) is 11.1 Å². The smallest absolute Gasteiger partial charge is 0.165 e. The van der Waals surface area contributed by atoms with Gasteiger partial charge in [-0.2, -0.15) is 0 Å². The lowest BCUT2D eigenvalue weighted by Gasteiger charge is -2.09. The van der Waals surface area contributed by atoms with Crippen LogP contribution >= 0.6 is 11.6 Å². The van der Waals surface area contributed by atoms with E-state index in [0.717, 1.165) is 18.2 Å². The van der Waals surface area contributed by atoms with Crippen LogP contribution < -0.4 is 4.74 Å². The van der Waals surface area contributed by atoms with Crippen LogP contribution in [0.2, 0.25) is 0 Å². The number of benzene rings is 2. The van der Waals surface area contributed by atoms with Gasteiger partial charge in [0.05, 0.1) is 0 Å². The predicted molar refractivity (Wildman–Crippen MR) is 66.6 cm³/mol. The van der Waals surface area contributed by atoms with Crippen molar-refractivity contribution in [3.8, 4) is 5.75 Å². The maximum atomic E-state index is 13.6. The van der Waals surface area contributed by atoms with Gasteiger partial charge in [-0.15, -0.1) is 11.6 Å². The van der Waals surface area contributed by atoms with Crippen LogP contribution in [0.15, 0.2) is 36.4 Å². The molecule has 2 rings (SSSR count). The predicted octanol–water partition coefficient (Wildman–Crippen LogP) is 4.42. The van der Waals surface area contributed by atoms with Gasteiger partial charge in [-0.25, -0.2) is 13.2 Å². The van der Waals surface area contributed by atoms with E-state index in [-0.39, 0.29) is 23.8 Å². The van der Waals surface area contributed by atoms with Crippen LogP contribution in [0.4, 0.5) is 13.2 Å². The van der Waals surface area contributed by atoms with Gasteiger partial charge in [0, 0.05) is 11.4 Å². The fraction of sp³-hybridized carbons (Fsp3) is 0.143. The van der Waals surface area contributed by atoms with E-state index < -0.39 is 17.5 Å². The van der Waals surface area contributed by atoms with E-state index >= 15 is 0 Å². The van der Waals surface area contributed by atoms with E-state index in [1.807, 2.05) is 0 Å². The molecule has 0 spiro atoms. The number of ether oxygens (including phenoxy) is 1. The van der Waals surface area contributed by atoms with Crippen molar-refractivity contribution >= 4 is 11.6 Å². The Morgan fingerprint density at radius 2 is 1.74 bits per heavy atom.